The summed E-state index contributed by atoms with van der Waals surface area (Å²) < 4.78 is 10.4. The minimum Gasteiger partial charge on any atom is -0.507 e. The minimum absolute atomic E-state index is 0.0987. The highest BCUT2D eigenvalue weighted by Gasteiger charge is 2.12. The Morgan fingerprint density at radius 2 is 1.68 bits per heavy atom. The molecule has 0 aliphatic rings. The number of hydrogen-bond acceptors (Lipinski definition) is 4. The Morgan fingerprint density at radius 3 is 2.32 bits per heavy atom. The largest absolute Gasteiger partial charge is 0.507 e. The number of aromatic hydroxyl groups is 1. The molecule has 4 heteroatoms. The molecule has 0 heterocycles. The highest BCUT2D eigenvalue weighted by atomic mass is 16.5. The van der Waals surface area contributed by atoms with E-state index in [0.29, 0.717) is 18.1 Å². The molecule has 0 spiro atoms. The zero-order chi connectivity index (χ0) is 13.7. The maximum absolute atomic E-state index is 11.8. The lowest BCUT2D eigenvalue weighted by Crippen LogP contribution is -2.08. The first-order chi connectivity index (χ1) is 9.20. The summed E-state index contributed by atoms with van der Waals surface area (Å²) in [7, 11) is 0. The third-order valence-corrected chi connectivity index (χ3v) is 2.47. The molecule has 2 rings (SSSR count). The van der Waals surface area contributed by atoms with E-state index in [4.69, 9.17) is 9.47 Å². The van der Waals surface area contributed by atoms with Gasteiger partial charge < -0.3 is 14.6 Å². The predicted molar refractivity (Wildman–Crippen MR) is 70.7 cm³/mol. The van der Waals surface area contributed by atoms with Crippen LogP contribution in [0.15, 0.2) is 48.5 Å². The first kappa shape index (κ1) is 13.0. The highest BCUT2D eigenvalue weighted by Crippen LogP contribution is 2.21. The van der Waals surface area contributed by atoms with Gasteiger partial charge in [0.15, 0.2) is 0 Å². The van der Waals surface area contributed by atoms with Crippen molar-refractivity contribution in [3.05, 3.63) is 54.1 Å². The number of carbonyl (C=O) groups excluding carboxylic acids is 1. The fraction of sp³-hybridized carbons (Fsp3) is 0.133. The van der Waals surface area contributed by atoms with Crippen LogP contribution in [0.3, 0.4) is 0 Å². The Hall–Kier alpha value is -2.49. The summed E-state index contributed by atoms with van der Waals surface area (Å²) in [6.45, 7) is 2.48. The smallest absolute Gasteiger partial charge is 0.347 e. The molecule has 0 amide bonds. The summed E-state index contributed by atoms with van der Waals surface area (Å²) in [5.41, 5.74) is 0.136. The number of phenolic OH excluding ortho intramolecular Hbond substituents is 1. The minimum atomic E-state index is -0.595. The summed E-state index contributed by atoms with van der Waals surface area (Å²) in [4.78, 5) is 11.8. The molecule has 0 saturated heterocycles. The van der Waals surface area contributed by atoms with Gasteiger partial charge in [0, 0.05) is 0 Å². The summed E-state index contributed by atoms with van der Waals surface area (Å²) in [6.07, 6.45) is 0. The van der Waals surface area contributed by atoms with Crippen LogP contribution >= 0.6 is 0 Å². The van der Waals surface area contributed by atoms with Crippen LogP contribution in [0.2, 0.25) is 0 Å². The average molecular weight is 258 g/mol. The molecule has 0 unspecified atom stereocenters. The number of phenols is 1. The molecule has 2 aromatic carbocycles. The summed E-state index contributed by atoms with van der Waals surface area (Å²) in [6, 6.07) is 13.0. The lowest BCUT2D eigenvalue weighted by atomic mass is 10.2. The second-order valence-corrected chi connectivity index (χ2v) is 3.81. The molecule has 0 aliphatic heterocycles. The van der Waals surface area contributed by atoms with E-state index in [2.05, 4.69) is 0 Å². The van der Waals surface area contributed by atoms with Crippen LogP contribution in [0, 0.1) is 0 Å². The Morgan fingerprint density at radius 1 is 1.05 bits per heavy atom. The second-order valence-electron chi connectivity index (χ2n) is 3.81. The van der Waals surface area contributed by atoms with Gasteiger partial charge in [-0.15, -0.1) is 0 Å². The van der Waals surface area contributed by atoms with Gasteiger partial charge in [-0.05, 0) is 43.3 Å². The molecule has 98 valence electrons. The number of ether oxygens (including phenoxy) is 2. The van der Waals surface area contributed by atoms with E-state index in [1.54, 1.807) is 36.4 Å². The van der Waals surface area contributed by atoms with Crippen molar-refractivity contribution in [1.82, 2.24) is 0 Å². The molecule has 0 saturated carbocycles. The number of para-hydroxylation sites is 1. The average Bonchev–Trinajstić information content (AvgIpc) is 2.42. The third-order valence-electron chi connectivity index (χ3n) is 2.47. The first-order valence-electron chi connectivity index (χ1n) is 5.93. The molecule has 0 aliphatic carbocycles. The number of hydrogen-bond donors (Lipinski definition) is 1. The molecular weight excluding hydrogens is 244 g/mol. The lowest BCUT2D eigenvalue weighted by molar-refractivity contribution is 0.0731. The molecular formula is C15H14O4. The Bertz CT molecular complexity index is 561. The molecule has 2 aromatic rings. The van der Waals surface area contributed by atoms with E-state index in [1.807, 2.05) is 6.92 Å². The topological polar surface area (TPSA) is 55.8 Å². The van der Waals surface area contributed by atoms with Crippen molar-refractivity contribution in [2.24, 2.45) is 0 Å². The highest BCUT2D eigenvalue weighted by molar-refractivity contribution is 5.93. The van der Waals surface area contributed by atoms with E-state index in [1.165, 1.54) is 12.1 Å². The fourth-order valence-corrected chi connectivity index (χ4v) is 1.58. The molecule has 0 bridgehead atoms. The van der Waals surface area contributed by atoms with Crippen molar-refractivity contribution >= 4 is 5.97 Å². The molecule has 0 aromatic heterocycles. The van der Waals surface area contributed by atoms with Crippen molar-refractivity contribution in [3.63, 3.8) is 0 Å². The van der Waals surface area contributed by atoms with Crippen molar-refractivity contribution in [3.8, 4) is 17.2 Å². The quantitative estimate of drug-likeness (QED) is 0.676. The molecule has 1 N–H and O–H groups in total. The van der Waals surface area contributed by atoms with E-state index in [9.17, 15) is 9.90 Å². The van der Waals surface area contributed by atoms with Crippen LogP contribution < -0.4 is 9.47 Å². The zero-order valence-corrected chi connectivity index (χ0v) is 10.5. The number of benzene rings is 2. The molecule has 0 atom stereocenters. The molecule has 4 nitrogen and oxygen atoms in total. The van der Waals surface area contributed by atoms with Crippen LogP contribution in [-0.4, -0.2) is 17.7 Å². The van der Waals surface area contributed by atoms with E-state index in [0.717, 1.165) is 0 Å². The monoisotopic (exact) mass is 258 g/mol. The normalized spacial score (nSPS) is 9.95. The summed E-state index contributed by atoms with van der Waals surface area (Å²) in [5.74, 6) is 0.419. The van der Waals surface area contributed by atoms with Gasteiger partial charge in [0.05, 0.1) is 6.61 Å². The Kier molecular flexibility index (Phi) is 4.03. The van der Waals surface area contributed by atoms with Gasteiger partial charge in [-0.2, -0.15) is 0 Å². The van der Waals surface area contributed by atoms with Gasteiger partial charge in [0.25, 0.3) is 0 Å². The van der Waals surface area contributed by atoms with Crippen LogP contribution in [0.4, 0.5) is 0 Å². The number of carbonyl (C=O) groups is 1. The number of esters is 1. The third kappa shape index (κ3) is 3.25. The Balaban J connectivity index is 2.09. The van der Waals surface area contributed by atoms with Crippen molar-refractivity contribution < 1.29 is 19.4 Å². The first-order valence-corrected chi connectivity index (χ1v) is 5.93. The fourth-order valence-electron chi connectivity index (χ4n) is 1.58. The van der Waals surface area contributed by atoms with Crippen LogP contribution in [-0.2, 0) is 0 Å². The van der Waals surface area contributed by atoms with E-state index in [-0.39, 0.29) is 11.3 Å². The molecule has 0 fully saturated rings. The molecule has 0 radical (unpaired) electrons. The van der Waals surface area contributed by atoms with Gasteiger partial charge in [0.1, 0.15) is 22.8 Å². The molecule has 19 heavy (non-hydrogen) atoms. The standard InChI is InChI=1S/C15H14O4/c1-2-18-11-7-9-12(10-8-11)19-15(17)13-5-3-4-6-14(13)16/h3-10,16H,2H2,1H3. The van der Waals surface area contributed by atoms with Gasteiger partial charge >= 0.3 is 5.97 Å². The van der Waals surface area contributed by atoms with Crippen molar-refractivity contribution in [1.29, 1.82) is 0 Å². The van der Waals surface area contributed by atoms with E-state index >= 15 is 0 Å². The SMILES string of the molecule is CCOc1ccc(OC(=O)c2ccccc2O)cc1. The summed E-state index contributed by atoms with van der Waals surface area (Å²) in [5, 5.41) is 9.55. The van der Waals surface area contributed by atoms with Gasteiger partial charge in [-0.1, -0.05) is 12.1 Å². The van der Waals surface area contributed by atoms with Gasteiger partial charge in [-0.3, -0.25) is 0 Å². The van der Waals surface area contributed by atoms with Crippen LogP contribution in [0.5, 0.6) is 17.2 Å². The van der Waals surface area contributed by atoms with Crippen molar-refractivity contribution in [2.75, 3.05) is 6.61 Å². The predicted octanol–water partition coefficient (Wildman–Crippen LogP) is 3.01. The van der Waals surface area contributed by atoms with E-state index < -0.39 is 5.97 Å². The lowest BCUT2D eigenvalue weighted by Gasteiger charge is -2.07. The van der Waals surface area contributed by atoms with Gasteiger partial charge in [-0.25, -0.2) is 4.79 Å². The van der Waals surface area contributed by atoms with Gasteiger partial charge in [0.2, 0.25) is 0 Å². The van der Waals surface area contributed by atoms with Crippen LogP contribution in [0.25, 0.3) is 0 Å². The van der Waals surface area contributed by atoms with Crippen LogP contribution in [0.1, 0.15) is 17.3 Å². The summed E-state index contributed by atoms with van der Waals surface area (Å²) >= 11 is 0. The maximum Gasteiger partial charge on any atom is 0.347 e. The maximum atomic E-state index is 11.8. The zero-order valence-electron chi connectivity index (χ0n) is 10.5. The Labute approximate surface area is 111 Å². The number of rotatable bonds is 4. The second kappa shape index (κ2) is 5.91. The van der Waals surface area contributed by atoms with Crippen molar-refractivity contribution in [2.45, 2.75) is 6.92 Å².